The number of aromatic nitrogens is 4. The van der Waals surface area contributed by atoms with Gasteiger partial charge in [0.25, 0.3) is 0 Å². The molecule has 0 bridgehead atoms. The quantitative estimate of drug-likeness (QED) is 0.841. The molecule has 0 aliphatic carbocycles. The van der Waals surface area contributed by atoms with E-state index in [1.54, 1.807) is 0 Å². The summed E-state index contributed by atoms with van der Waals surface area (Å²) in [7, 11) is 0. The Morgan fingerprint density at radius 2 is 2.10 bits per heavy atom. The third-order valence-corrected chi connectivity index (χ3v) is 2.23. The fourth-order valence-corrected chi connectivity index (χ4v) is 1.36. The van der Waals surface area contributed by atoms with Crippen LogP contribution < -0.4 is 4.74 Å². The fraction of sp³-hybridized carbons (Fsp3) is 0.455. The SMILES string of the molecule is CCCc1nc(COc2nccc(C(F)(F)F)n2)no1. The van der Waals surface area contributed by atoms with Crippen LogP contribution in [0.25, 0.3) is 0 Å². The predicted octanol–water partition coefficient (Wildman–Crippen LogP) is 2.41. The summed E-state index contributed by atoms with van der Waals surface area (Å²) in [6.45, 7) is 1.80. The van der Waals surface area contributed by atoms with Gasteiger partial charge in [-0.05, 0) is 12.5 Å². The molecule has 0 unspecified atom stereocenters. The number of alkyl halides is 3. The topological polar surface area (TPSA) is 73.9 Å². The molecule has 0 atom stereocenters. The van der Waals surface area contributed by atoms with Crippen LogP contribution in [0.5, 0.6) is 6.01 Å². The molecule has 0 radical (unpaired) electrons. The number of ether oxygens (including phenoxy) is 1. The molecule has 0 aliphatic rings. The first-order valence-corrected chi connectivity index (χ1v) is 5.83. The maximum atomic E-state index is 12.4. The molecule has 108 valence electrons. The predicted molar refractivity (Wildman–Crippen MR) is 59.7 cm³/mol. The summed E-state index contributed by atoms with van der Waals surface area (Å²) in [6.07, 6.45) is -2.09. The van der Waals surface area contributed by atoms with Gasteiger partial charge in [0.15, 0.2) is 12.3 Å². The maximum absolute atomic E-state index is 12.4. The number of halogens is 3. The van der Waals surface area contributed by atoms with Gasteiger partial charge in [-0.3, -0.25) is 0 Å². The molecule has 0 fully saturated rings. The molecule has 6 nitrogen and oxygen atoms in total. The van der Waals surface area contributed by atoms with E-state index in [0.29, 0.717) is 12.3 Å². The fourth-order valence-electron chi connectivity index (χ4n) is 1.36. The third-order valence-electron chi connectivity index (χ3n) is 2.23. The molecule has 0 amide bonds. The Kier molecular flexibility index (Phi) is 4.16. The van der Waals surface area contributed by atoms with Gasteiger partial charge in [0.1, 0.15) is 0 Å². The number of hydrogen-bond acceptors (Lipinski definition) is 6. The highest BCUT2D eigenvalue weighted by Gasteiger charge is 2.33. The van der Waals surface area contributed by atoms with E-state index < -0.39 is 11.9 Å². The van der Waals surface area contributed by atoms with Crippen molar-refractivity contribution in [1.29, 1.82) is 0 Å². The van der Waals surface area contributed by atoms with Crippen molar-refractivity contribution in [1.82, 2.24) is 20.1 Å². The largest absolute Gasteiger partial charge is 0.455 e. The second-order valence-electron chi connectivity index (χ2n) is 3.87. The van der Waals surface area contributed by atoms with Crippen molar-refractivity contribution in [3.05, 3.63) is 29.7 Å². The summed E-state index contributed by atoms with van der Waals surface area (Å²) in [5.74, 6) is 0.686. The lowest BCUT2D eigenvalue weighted by molar-refractivity contribution is -0.141. The smallest absolute Gasteiger partial charge is 0.433 e. The summed E-state index contributed by atoms with van der Waals surface area (Å²) < 4.78 is 47.2. The average Bonchev–Trinajstić information content (AvgIpc) is 2.84. The van der Waals surface area contributed by atoms with Gasteiger partial charge < -0.3 is 9.26 Å². The number of aryl methyl sites for hydroxylation is 1. The van der Waals surface area contributed by atoms with Crippen molar-refractivity contribution >= 4 is 0 Å². The molecule has 0 aromatic carbocycles. The van der Waals surface area contributed by atoms with Crippen molar-refractivity contribution in [2.75, 3.05) is 0 Å². The molecule has 2 aromatic heterocycles. The number of rotatable bonds is 5. The Balaban J connectivity index is 1.99. The molecular weight excluding hydrogens is 277 g/mol. The van der Waals surface area contributed by atoms with E-state index in [1.807, 2.05) is 6.92 Å². The average molecular weight is 288 g/mol. The highest BCUT2D eigenvalue weighted by Crippen LogP contribution is 2.27. The van der Waals surface area contributed by atoms with E-state index in [2.05, 4.69) is 20.1 Å². The van der Waals surface area contributed by atoms with Gasteiger partial charge in [0.2, 0.25) is 11.7 Å². The first kappa shape index (κ1) is 14.2. The minimum Gasteiger partial charge on any atom is -0.455 e. The highest BCUT2D eigenvalue weighted by atomic mass is 19.4. The monoisotopic (exact) mass is 288 g/mol. The van der Waals surface area contributed by atoms with Crippen LogP contribution >= 0.6 is 0 Å². The molecule has 9 heteroatoms. The van der Waals surface area contributed by atoms with Crippen LogP contribution in [0.3, 0.4) is 0 Å². The van der Waals surface area contributed by atoms with Crippen LogP contribution in [0.1, 0.15) is 30.8 Å². The first-order chi connectivity index (χ1) is 9.49. The zero-order valence-electron chi connectivity index (χ0n) is 10.5. The summed E-state index contributed by atoms with van der Waals surface area (Å²) >= 11 is 0. The Morgan fingerprint density at radius 1 is 1.30 bits per heavy atom. The van der Waals surface area contributed by atoms with E-state index in [-0.39, 0.29) is 18.4 Å². The van der Waals surface area contributed by atoms with Crippen LogP contribution in [0.4, 0.5) is 13.2 Å². The van der Waals surface area contributed by atoms with Crippen molar-refractivity contribution < 1.29 is 22.4 Å². The van der Waals surface area contributed by atoms with Crippen molar-refractivity contribution in [2.24, 2.45) is 0 Å². The Morgan fingerprint density at radius 3 is 2.80 bits per heavy atom. The Labute approximate surface area is 112 Å². The van der Waals surface area contributed by atoms with Gasteiger partial charge >= 0.3 is 12.2 Å². The van der Waals surface area contributed by atoms with Gasteiger partial charge in [-0.1, -0.05) is 12.1 Å². The van der Waals surface area contributed by atoms with Gasteiger partial charge in [0, 0.05) is 12.6 Å². The molecule has 0 saturated heterocycles. The van der Waals surface area contributed by atoms with E-state index in [9.17, 15) is 13.2 Å². The normalized spacial score (nSPS) is 11.6. The lowest BCUT2D eigenvalue weighted by atomic mass is 10.3. The maximum Gasteiger partial charge on any atom is 0.433 e. The molecule has 0 saturated carbocycles. The zero-order valence-corrected chi connectivity index (χ0v) is 10.5. The molecule has 2 heterocycles. The van der Waals surface area contributed by atoms with E-state index in [1.165, 1.54) is 0 Å². The number of nitrogens with zero attached hydrogens (tertiary/aromatic N) is 4. The lowest BCUT2D eigenvalue weighted by Crippen LogP contribution is -2.10. The van der Waals surface area contributed by atoms with Crippen LogP contribution in [0.15, 0.2) is 16.8 Å². The van der Waals surface area contributed by atoms with Crippen LogP contribution in [0.2, 0.25) is 0 Å². The summed E-state index contributed by atoms with van der Waals surface area (Å²) in [6, 6.07) is 0.377. The molecule has 2 aromatic rings. The van der Waals surface area contributed by atoms with Gasteiger partial charge in [-0.15, -0.1) is 0 Å². The first-order valence-electron chi connectivity index (χ1n) is 5.83. The van der Waals surface area contributed by atoms with Crippen molar-refractivity contribution in [3.8, 4) is 6.01 Å². The van der Waals surface area contributed by atoms with Gasteiger partial charge in [-0.2, -0.15) is 23.1 Å². The van der Waals surface area contributed by atoms with Crippen molar-refractivity contribution in [2.45, 2.75) is 32.5 Å². The summed E-state index contributed by atoms with van der Waals surface area (Å²) in [5.41, 5.74) is -1.07. The van der Waals surface area contributed by atoms with Crippen LogP contribution in [-0.4, -0.2) is 20.1 Å². The van der Waals surface area contributed by atoms with E-state index in [0.717, 1.165) is 18.7 Å². The van der Waals surface area contributed by atoms with Crippen molar-refractivity contribution in [3.63, 3.8) is 0 Å². The molecule has 0 spiro atoms. The highest BCUT2D eigenvalue weighted by molar-refractivity contribution is 5.08. The molecule has 0 aliphatic heterocycles. The second kappa shape index (κ2) is 5.85. The van der Waals surface area contributed by atoms with Gasteiger partial charge in [-0.25, -0.2) is 4.98 Å². The molecule has 2 rings (SSSR count). The third kappa shape index (κ3) is 3.65. The Bertz CT molecular complexity index is 571. The second-order valence-corrected chi connectivity index (χ2v) is 3.87. The van der Waals surface area contributed by atoms with E-state index >= 15 is 0 Å². The molecular formula is C11H11F3N4O2. The molecule has 20 heavy (non-hydrogen) atoms. The number of hydrogen-bond donors (Lipinski definition) is 0. The minimum absolute atomic E-state index is 0.158. The molecule has 0 N–H and O–H groups in total. The lowest BCUT2D eigenvalue weighted by Gasteiger charge is -2.06. The van der Waals surface area contributed by atoms with Crippen LogP contribution in [0, 0.1) is 0 Å². The standard InChI is InChI=1S/C11H11F3N4O2/c1-2-3-9-17-8(18-20-9)6-19-10-15-5-4-7(16-10)11(12,13)14/h4-5H,2-3,6H2,1H3. The minimum atomic E-state index is -4.54. The zero-order chi connectivity index (χ0) is 14.6. The van der Waals surface area contributed by atoms with E-state index in [4.69, 9.17) is 9.26 Å². The van der Waals surface area contributed by atoms with Crippen LogP contribution in [-0.2, 0) is 19.2 Å². The summed E-state index contributed by atoms with van der Waals surface area (Å²) in [5, 5.41) is 3.63. The van der Waals surface area contributed by atoms with Gasteiger partial charge in [0.05, 0.1) is 0 Å². The Hall–Kier alpha value is -2.19. The summed E-state index contributed by atoms with van der Waals surface area (Å²) in [4.78, 5) is 10.9.